The molecule has 8 heteroatoms. The Hall–Kier alpha value is -1.96. The van der Waals surface area contributed by atoms with Gasteiger partial charge in [-0.1, -0.05) is 6.07 Å². The monoisotopic (exact) mass is 313 g/mol. The molecule has 0 bridgehead atoms. The van der Waals surface area contributed by atoms with Gasteiger partial charge in [0.25, 0.3) is 0 Å². The van der Waals surface area contributed by atoms with E-state index in [0.29, 0.717) is 5.69 Å². The van der Waals surface area contributed by atoms with Crippen LogP contribution in [-0.4, -0.2) is 41.0 Å². The molecule has 1 aromatic rings. The average molecular weight is 313 g/mol. The van der Waals surface area contributed by atoms with Gasteiger partial charge < -0.3 is 0 Å². The van der Waals surface area contributed by atoms with Gasteiger partial charge in [0.1, 0.15) is 6.04 Å². The van der Waals surface area contributed by atoms with Crippen molar-refractivity contribution in [3.63, 3.8) is 0 Å². The molecule has 0 spiro atoms. The van der Waals surface area contributed by atoms with Crippen molar-refractivity contribution < 1.29 is 22.8 Å². The van der Waals surface area contributed by atoms with E-state index in [1.54, 1.807) is 19.1 Å². The molecule has 0 saturated carbocycles. The average Bonchev–Trinajstić information content (AvgIpc) is 2.94. The normalized spacial score (nSPS) is 31.8. The second kappa shape index (κ2) is 4.77. The third kappa shape index (κ3) is 2.09. The van der Waals surface area contributed by atoms with Gasteiger partial charge in [0.2, 0.25) is 11.8 Å². The van der Waals surface area contributed by atoms with E-state index in [4.69, 9.17) is 0 Å². The number of amides is 2. The van der Waals surface area contributed by atoms with E-state index in [-0.39, 0.29) is 0 Å². The number of aryl methyl sites for hydroxylation is 1. The lowest BCUT2D eigenvalue weighted by molar-refractivity contribution is -0.168. The molecular weight excluding hydrogens is 299 g/mol. The fourth-order valence-electron chi connectivity index (χ4n) is 3.19. The highest BCUT2D eigenvalue weighted by Crippen LogP contribution is 2.47. The van der Waals surface area contributed by atoms with Crippen molar-refractivity contribution in [2.45, 2.75) is 25.2 Å². The zero-order valence-corrected chi connectivity index (χ0v) is 11.9. The molecule has 3 heterocycles. The minimum atomic E-state index is -4.61. The molecule has 3 rings (SSSR count). The summed E-state index contributed by atoms with van der Waals surface area (Å²) in [7, 11) is 1.22. The summed E-state index contributed by atoms with van der Waals surface area (Å²) < 4.78 is 39.6. The Morgan fingerprint density at radius 1 is 1.18 bits per heavy atom. The molecule has 2 fully saturated rings. The quantitative estimate of drug-likeness (QED) is 0.791. The Labute approximate surface area is 124 Å². The number of nitrogens with one attached hydrogen (secondary N) is 1. The summed E-state index contributed by atoms with van der Waals surface area (Å²) in [5, 5.41) is 2.39. The van der Waals surface area contributed by atoms with Crippen molar-refractivity contribution in [3.05, 3.63) is 29.6 Å². The molecule has 2 aliphatic heterocycles. The number of hydrogen-bond acceptors (Lipinski definition) is 4. The number of likely N-dealkylation sites (tertiary alicyclic amines) is 1. The maximum absolute atomic E-state index is 13.2. The first-order chi connectivity index (χ1) is 10.2. The number of carbonyl (C=O) groups excluding carboxylic acids is 2. The smallest absolute Gasteiger partial charge is 0.296 e. The SMILES string of the molecule is Cc1ccc([C@H]2N[C@@H](C(F)(F)F)[C@H]3C(=O)N(C)C(=O)[C@H]32)nc1. The van der Waals surface area contributed by atoms with Gasteiger partial charge in [-0.15, -0.1) is 0 Å². The summed E-state index contributed by atoms with van der Waals surface area (Å²) in [5.41, 5.74) is 1.19. The van der Waals surface area contributed by atoms with Crippen LogP contribution in [0.4, 0.5) is 13.2 Å². The van der Waals surface area contributed by atoms with Crippen LogP contribution in [0.25, 0.3) is 0 Å². The fraction of sp³-hybridized carbons (Fsp3) is 0.500. The number of pyridine rings is 1. The van der Waals surface area contributed by atoms with E-state index in [1.165, 1.54) is 13.2 Å². The highest BCUT2D eigenvalue weighted by atomic mass is 19.4. The fourth-order valence-corrected chi connectivity index (χ4v) is 3.19. The first-order valence-electron chi connectivity index (χ1n) is 6.78. The standard InChI is InChI=1S/C14H14F3N3O2/c1-6-3-4-7(18-5-6)10-8-9(11(19-10)14(15,16)17)13(22)20(2)12(8)21/h3-5,8-11,19H,1-2H3/t8-,9+,10-,11-/m1/s1. The molecule has 1 aromatic heterocycles. The third-order valence-electron chi connectivity index (χ3n) is 4.30. The third-order valence-corrected chi connectivity index (χ3v) is 4.30. The number of imide groups is 1. The Balaban J connectivity index is 2.04. The van der Waals surface area contributed by atoms with Crippen LogP contribution >= 0.6 is 0 Å². The van der Waals surface area contributed by atoms with Gasteiger partial charge in [-0.25, -0.2) is 0 Å². The molecule has 4 atom stereocenters. The number of fused-ring (bicyclic) bond motifs is 1. The van der Waals surface area contributed by atoms with Gasteiger partial charge in [0.15, 0.2) is 0 Å². The molecule has 22 heavy (non-hydrogen) atoms. The molecule has 118 valence electrons. The van der Waals surface area contributed by atoms with E-state index in [0.717, 1.165) is 10.5 Å². The summed E-state index contributed by atoms with van der Waals surface area (Å²) >= 11 is 0. The molecular formula is C14H14F3N3O2. The van der Waals surface area contributed by atoms with Crippen molar-refractivity contribution >= 4 is 11.8 Å². The minimum absolute atomic E-state index is 0.337. The molecule has 5 nitrogen and oxygen atoms in total. The van der Waals surface area contributed by atoms with Crippen LogP contribution in [0.15, 0.2) is 18.3 Å². The molecule has 0 unspecified atom stereocenters. The lowest BCUT2D eigenvalue weighted by Crippen LogP contribution is -2.46. The number of hydrogen-bond donors (Lipinski definition) is 1. The van der Waals surface area contributed by atoms with E-state index in [9.17, 15) is 22.8 Å². The largest absolute Gasteiger partial charge is 0.404 e. The predicted octanol–water partition coefficient (Wildman–Crippen LogP) is 1.20. The van der Waals surface area contributed by atoms with Crippen molar-refractivity contribution in [2.24, 2.45) is 11.8 Å². The van der Waals surface area contributed by atoms with E-state index < -0.39 is 41.9 Å². The Bertz CT molecular complexity index is 629. The second-order valence-electron chi connectivity index (χ2n) is 5.71. The Kier molecular flexibility index (Phi) is 3.24. The molecule has 1 N–H and O–H groups in total. The van der Waals surface area contributed by atoms with Gasteiger partial charge >= 0.3 is 6.18 Å². The van der Waals surface area contributed by atoms with Gasteiger partial charge in [-0.05, 0) is 18.6 Å². The maximum atomic E-state index is 13.2. The molecule has 0 aromatic carbocycles. The topological polar surface area (TPSA) is 62.3 Å². The van der Waals surface area contributed by atoms with Gasteiger partial charge in [-0.2, -0.15) is 13.2 Å². The predicted molar refractivity (Wildman–Crippen MR) is 69.5 cm³/mol. The van der Waals surface area contributed by atoms with Crippen LogP contribution in [0.1, 0.15) is 17.3 Å². The summed E-state index contributed by atoms with van der Waals surface area (Å²) in [6, 6.07) is 0.342. The van der Waals surface area contributed by atoms with Crippen LogP contribution in [0, 0.1) is 18.8 Å². The van der Waals surface area contributed by atoms with Gasteiger partial charge in [0.05, 0.1) is 23.6 Å². The molecule has 2 amide bonds. The number of rotatable bonds is 1. The Morgan fingerprint density at radius 2 is 1.82 bits per heavy atom. The van der Waals surface area contributed by atoms with Crippen molar-refractivity contribution in [3.8, 4) is 0 Å². The van der Waals surface area contributed by atoms with Crippen molar-refractivity contribution in [1.29, 1.82) is 0 Å². The van der Waals surface area contributed by atoms with Crippen molar-refractivity contribution in [1.82, 2.24) is 15.2 Å². The van der Waals surface area contributed by atoms with Crippen LogP contribution in [0.3, 0.4) is 0 Å². The first-order valence-corrected chi connectivity index (χ1v) is 6.78. The summed E-state index contributed by atoms with van der Waals surface area (Å²) in [4.78, 5) is 29.1. The number of alkyl halides is 3. The highest BCUT2D eigenvalue weighted by Gasteiger charge is 2.64. The Morgan fingerprint density at radius 3 is 2.36 bits per heavy atom. The summed E-state index contributed by atoms with van der Waals surface area (Å²) in [6.07, 6.45) is -3.08. The summed E-state index contributed by atoms with van der Waals surface area (Å²) in [5.74, 6) is -3.88. The lowest BCUT2D eigenvalue weighted by Gasteiger charge is -2.22. The zero-order valence-electron chi connectivity index (χ0n) is 11.9. The van der Waals surface area contributed by atoms with Crippen LogP contribution in [0.2, 0.25) is 0 Å². The molecule has 2 saturated heterocycles. The van der Waals surface area contributed by atoms with Crippen LogP contribution in [0.5, 0.6) is 0 Å². The maximum Gasteiger partial charge on any atom is 0.404 e. The number of halogens is 3. The molecule has 0 radical (unpaired) electrons. The minimum Gasteiger partial charge on any atom is -0.296 e. The number of nitrogens with zero attached hydrogens (tertiary/aromatic N) is 2. The van der Waals surface area contributed by atoms with Crippen LogP contribution in [-0.2, 0) is 9.59 Å². The summed E-state index contributed by atoms with van der Waals surface area (Å²) in [6.45, 7) is 1.80. The van der Waals surface area contributed by atoms with Gasteiger partial charge in [-0.3, -0.25) is 24.8 Å². The van der Waals surface area contributed by atoms with E-state index in [1.807, 2.05) is 0 Å². The highest BCUT2D eigenvalue weighted by molar-refractivity contribution is 6.06. The van der Waals surface area contributed by atoms with E-state index in [2.05, 4.69) is 10.3 Å². The van der Waals surface area contributed by atoms with Gasteiger partial charge in [0, 0.05) is 13.2 Å². The first kappa shape index (κ1) is 15.0. The second-order valence-corrected chi connectivity index (χ2v) is 5.71. The van der Waals surface area contributed by atoms with E-state index >= 15 is 0 Å². The van der Waals surface area contributed by atoms with Crippen LogP contribution < -0.4 is 5.32 Å². The molecule has 0 aliphatic carbocycles. The number of carbonyl (C=O) groups is 2. The number of aromatic nitrogens is 1. The zero-order chi connectivity index (χ0) is 16.2. The van der Waals surface area contributed by atoms with Crippen molar-refractivity contribution in [2.75, 3.05) is 7.05 Å². The lowest BCUT2D eigenvalue weighted by atomic mass is 9.87. The molecule has 2 aliphatic rings.